The molecule has 0 fully saturated rings. The molecule has 0 aliphatic rings. The van der Waals surface area contributed by atoms with Crippen LogP contribution in [-0.4, -0.2) is 29.3 Å². The van der Waals surface area contributed by atoms with E-state index < -0.39 is 6.04 Å². The highest BCUT2D eigenvalue weighted by Gasteiger charge is 2.28. The van der Waals surface area contributed by atoms with Crippen LogP contribution < -0.4 is 5.32 Å². The Balaban J connectivity index is 1.83. The molecule has 0 saturated heterocycles. The summed E-state index contributed by atoms with van der Waals surface area (Å²) in [5.41, 5.74) is 1.89. The number of benzene rings is 3. The molecule has 0 aliphatic heterocycles. The Morgan fingerprint density at radius 3 is 2.47 bits per heavy atom. The van der Waals surface area contributed by atoms with Crippen LogP contribution in [0.3, 0.4) is 0 Å². The summed E-state index contributed by atoms with van der Waals surface area (Å²) in [6, 6.07) is 19.0. The molecule has 0 heterocycles. The van der Waals surface area contributed by atoms with Gasteiger partial charge < -0.3 is 10.2 Å². The molecular weight excluding hydrogens is 467 g/mol. The Hall–Kier alpha value is -2.56. The van der Waals surface area contributed by atoms with Crippen LogP contribution in [0.4, 0.5) is 0 Å². The summed E-state index contributed by atoms with van der Waals surface area (Å²) in [6.45, 7) is 4.86. The number of hydrogen-bond acceptors (Lipinski definition) is 2. The van der Waals surface area contributed by atoms with Crippen molar-refractivity contribution in [2.45, 2.75) is 58.5 Å². The van der Waals surface area contributed by atoms with Crippen LogP contribution in [0, 0.1) is 0 Å². The molecule has 0 aliphatic carbocycles. The summed E-state index contributed by atoms with van der Waals surface area (Å²) in [6.07, 6.45) is 3.31. The highest BCUT2D eigenvalue weighted by atomic mass is 35.5. The van der Waals surface area contributed by atoms with Gasteiger partial charge in [0, 0.05) is 29.6 Å². The molecule has 0 unspecified atom stereocenters. The quantitative estimate of drug-likeness (QED) is 0.295. The number of aryl methyl sites for hydroxylation is 1. The topological polar surface area (TPSA) is 49.4 Å². The summed E-state index contributed by atoms with van der Waals surface area (Å²) in [5, 5.41) is 6.31. The van der Waals surface area contributed by atoms with Gasteiger partial charge >= 0.3 is 0 Å². The summed E-state index contributed by atoms with van der Waals surface area (Å²) < 4.78 is 0. The second kappa shape index (κ2) is 12.8. The zero-order valence-corrected chi connectivity index (χ0v) is 21.3. The minimum absolute atomic E-state index is 0.0727. The number of rotatable bonds is 11. The number of carbonyl (C=O) groups excluding carboxylic acids is 2. The fraction of sp³-hybridized carbons (Fsp3) is 0.357. The Morgan fingerprint density at radius 2 is 1.74 bits per heavy atom. The highest BCUT2D eigenvalue weighted by molar-refractivity contribution is 6.35. The second-order valence-corrected chi connectivity index (χ2v) is 9.31. The molecule has 34 heavy (non-hydrogen) atoms. The van der Waals surface area contributed by atoms with Gasteiger partial charge in [0.25, 0.3) is 0 Å². The Morgan fingerprint density at radius 1 is 0.971 bits per heavy atom. The van der Waals surface area contributed by atoms with E-state index in [0.29, 0.717) is 35.9 Å². The van der Waals surface area contributed by atoms with E-state index in [9.17, 15) is 9.59 Å². The van der Waals surface area contributed by atoms with E-state index in [1.54, 1.807) is 17.0 Å². The van der Waals surface area contributed by atoms with Crippen LogP contribution in [-0.2, 0) is 22.6 Å². The zero-order chi connectivity index (χ0) is 24.5. The standard InChI is InChI=1S/C28H32Cl2N2O2/c1-3-5-17-31-28(34)26(4-2)32(19-22-13-15-23(29)18-25(22)30)27(33)16-14-21-11-8-10-20-9-6-7-12-24(20)21/h6-13,15,18,26H,3-5,14,16-17,19H2,1-2H3,(H,31,34)/t26-/m1/s1. The summed E-state index contributed by atoms with van der Waals surface area (Å²) >= 11 is 12.5. The number of fused-ring (bicyclic) bond motifs is 1. The molecule has 0 aromatic heterocycles. The van der Waals surface area contributed by atoms with Gasteiger partial charge in [-0.25, -0.2) is 0 Å². The Kier molecular flexibility index (Phi) is 9.79. The summed E-state index contributed by atoms with van der Waals surface area (Å²) in [4.78, 5) is 28.2. The van der Waals surface area contributed by atoms with Crippen LogP contribution in [0.2, 0.25) is 10.0 Å². The van der Waals surface area contributed by atoms with E-state index in [1.807, 2.05) is 31.2 Å². The number of hydrogen-bond donors (Lipinski definition) is 1. The lowest BCUT2D eigenvalue weighted by Crippen LogP contribution is -2.49. The van der Waals surface area contributed by atoms with E-state index in [4.69, 9.17) is 23.2 Å². The molecule has 0 spiro atoms. The first-order valence-electron chi connectivity index (χ1n) is 11.9. The normalized spacial score (nSPS) is 11.9. The van der Waals surface area contributed by atoms with Crippen molar-refractivity contribution in [3.8, 4) is 0 Å². The van der Waals surface area contributed by atoms with Gasteiger partial charge in [-0.2, -0.15) is 0 Å². The number of nitrogens with zero attached hydrogens (tertiary/aromatic N) is 1. The van der Waals surface area contributed by atoms with E-state index in [2.05, 4.69) is 36.5 Å². The maximum Gasteiger partial charge on any atom is 0.242 e. The second-order valence-electron chi connectivity index (χ2n) is 8.46. The predicted molar refractivity (Wildman–Crippen MR) is 141 cm³/mol. The predicted octanol–water partition coefficient (Wildman–Crippen LogP) is 6.80. The monoisotopic (exact) mass is 498 g/mol. The maximum absolute atomic E-state index is 13.5. The van der Waals surface area contributed by atoms with E-state index >= 15 is 0 Å². The van der Waals surface area contributed by atoms with E-state index in [1.165, 1.54) is 0 Å². The van der Waals surface area contributed by atoms with Gasteiger partial charge in [0.2, 0.25) is 11.8 Å². The molecule has 0 bridgehead atoms. The average molecular weight is 499 g/mol. The average Bonchev–Trinajstić information content (AvgIpc) is 2.83. The third-order valence-corrected chi connectivity index (χ3v) is 6.65. The Labute approximate surface area is 212 Å². The zero-order valence-electron chi connectivity index (χ0n) is 19.8. The van der Waals surface area contributed by atoms with Crippen molar-refractivity contribution in [2.75, 3.05) is 6.54 Å². The molecule has 3 aromatic carbocycles. The van der Waals surface area contributed by atoms with Gasteiger partial charge in [0.1, 0.15) is 6.04 Å². The summed E-state index contributed by atoms with van der Waals surface area (Å²) in [5.74, 6) is -0.198. The summed E-state index contributed by atoms with van der Waals surface area (Å²) in [7, 11) is 0. The molecular formula is C28H32Cl2N2O2. The number of amides is 2. The molecule has 3 rings (SSSR count). The number of unbranched alkanes of at least 4 members (excludes halogenated alkanes) is 1. The smallest absolute Gasteiger partial charge is 0.242 e. The molecule has 0 saturated carbocycles. The molecule has 180 valence electrons. The van der Waals surface area contributed by atoms with Crippen molar-refractivity contribution in [1.29, 1.82) is 0 Å². The van der Waals surface area contributed by atoms with Gasteiger partial charge in [-0.1, -0.05) is 92.0 Å². The first-order chi connectivity index (χ1) is 16.4. The first-order valence-corrected chi connectivity index (χ1v) is 12.7. The van der Waals surface area contributed by atoms with Gasteiger partial charge in [0.15, 0.2) is 0 Å². The van der Waals surface area contributed by atoms with Crippen LogP contribution in [0.15, 0.2) is 60.7 Å². The van der Waals surface area contributed by atoms with Crippen molar-refractivity contribution < 1.29 is 9.59 Å². The van der Waals surface area contributed by atoms with Crippen molar-refractivity contribution in [3.05, 3.63) is 81.8 Å². The minimum Gasteiger partial charge on any atom is -0.354 e. The number of nitrogens with one attached hydrogen (secondary N) is 1. The largest absolute Gasteiger partial charge is 0.354 e. The third kappa shape index (κ3) is 6.74. The fourth-order valence-electron chi connectivity index (χ4n) is 4.15. The maximum atomic E-state index is 13.5. The lowest BCUT2D eigenvalue weighted by atomic mass is 10.00. The lowest BCUT2D eigenvalue weighted by molar-refractivity contribution is -0.141. The van der Waals surface area contributed by atoms with Crippen molar-refractivity contribution in [3.63, 3.8) is 0 Å². The fourth-order valence-corrected chi connectivity index (χ4v) is 4.62. The van der Waals surface area contributed by atoms with Gasteiger partial charge in [-0.05, 0) is 53.3 Å². The van der Waals surface area contributed by atoms with E-state index in [-0.39, 0.29) is 18.4 Å². The molecule has 1 N–H and O–H groups in total. The van der Waals surface area contributed by atoms with Gasteiger partial charge in [-0.15, -0.1) is 0 Å². The highest BCUT2D eigenvalue weighted by Crippen LogP contribution is 2.25. The van der Waals surface area contributed by atoms with E-state index in [0.717, 1.165) is 34.7 Å². The van der Waals surface area contributed by atoms with Crippen LogP contribution in [0.5, 0.6) is 0 Å². The van der Waals surface area contributed by atoms with Crippen molar-refractivity contribution in [1.82, 2.24) is 10.2 Å². The SMILES string of the molecule is CCCCNC(=O)[C@@H](CC)N(Cc1ccc(Cl)cc1Cl)C(=O)CCc1cccc2ccccc12. The van der Waals surface area contributed by atoms with Gasteiger partial charge in [-0.3, -0.25) is 9.59 Å². The van der Waals surface area contributed by atoms with Crippen molar-refractivity contribution in [2.24, 2.45) is 0 Å². The molecule has 6 heteroatoms. The molecule has 1 atom stereocenters. The Bertz CT molecular complexity index is 1130. The van der Waals surface area contributed by atoms with Crippen LogP contribution >= 0.6 is 23.2 Å². The molecule has 4 nitrogen and oxygen atoms in total. The van der Waals surface area contributed by atoms with Crippen LogP contribution in [0.25, 0.3) is 10.8 Å². The molecule has 3 aromatic rings. The van der Waals surface area contributed by atoms with Gasteiger partial charge in [0.05, 0.1) is 0 Å². The third-order valence-electron chi connectivity index (χ3n) is 6.06. The lowest BCUT2D eigenvalue weighted by Gasteiger charge is -2.31. The van der Waals surface area contributed by atoms with Crippen molar-refractivity contribution >= 4 is 45.8 Å². The van der Waals surface area contributed by atoms with Crippen LogP contribution in [0.1, 0.15) is 50.7 Å². The molecule has 2 amide bonds. The number of halogens is 2. The molecule has 0 radical (unpaired) electrons. The minimum atomic E-state index is -0.566. The number of carbonyl (C=O) groups is 2. The first kappa shape index (κ1) is 26.1.